The van der Waals surface area contributed by atoms with Gasteiger partial charge in [-0.2, -0.15) is 0 Å². The number of carbonyl (C=O) groups is 1. The van der Waals surface area contributed by atoms with E-state index in [2.05, 4.69) is 42.1 Å². The molecule has 0 bridgehead atoms. The van der Waals surface area contributed by atoms with E-state index in [0.717, 1.165) is 21.7 Å². The van der Waals surface area contributed by atoms with Crippen LogP contribution in [0.2, 0.25) is 0 Å². The predicted molar refractivity (Wildman–Crippen MR) is 103 cm³/mol. The summed E-state index contributed by atoms with van der Waals surface area (Å²) in [6, 6.07) is 11.3. The summed E-state index contributed by atoms with van der Waals surface area (Å²) in [5.74, 6) is 0.100. The summed E-state index contributed by atoms with van der Waals surface area (Å²) < 4.78 is 2.52. The molecule has 0 saturated heterocycles. The molecule has 1 heterocycles. The van der Waals surface area contributed by atoms with E-state index in [-0.39, 0.29) is 11.0 Å². The standard InChI is InChI=1S/C16H15BrN6OS/c1-2-9-23-15(20-21-22-23)19-16(25)18-14(24)12-7-3-6-11-10(12)5-4-8-13(11)17/h3-8H,2,9H2,1H3,(H2,18,19,20,22,24,25). The molecule has 1 amide bonds. The van der Waals surface area contributed by atoms with Gasteiger partial charge in [-0.05, 0) is 52.0 Å². The second kappa shape index (κ2) is 7.66. The number of carbonyl (C=O) groups excluding carboxylic acids is 1. The number of thiocarbonyl (C=S) groups is 1. The molecule has 7 nitrogen and oxygen atoms in total. The molecule has 3 aromatic rings. The summed E-state index contributed by atoms with van der Waals surface area (Å²) in [4.78, 5) is 12.6. The van der Waals surface area contributed by atoms with Crippen molar-refractivity contribution in [3.63, 3.8) is 0 Å². The van der Waals surface area contributed by atoms with Crippen LogP contribution < -0.4 is 10.6 Å². The summed E-state index contributed by atoms with van der Waals surface area (Å²) in [5.41, 5.74) is 0.538. The second-order valence-corrected chi connectivity index (χ2v) is 6.54. The number of fused-ring (bicyclic) bond motifs is 1. The summed E-state index contributed by atoms with van der Waals surface area (Å²) in [7, 11) is 0. The van der Waals surface area contributed by atoms with Crippen LogP contribution in [0, 0.1) is 0 Å². The zero-order valence-corrected chi connectivity index (χ0v) is 15.8. The van der Waals surface area contributed by atoms with Gasteiger partial charge >= 0.3 is 0 Å². The fourth-order valence-corrected chi connectivity index (χ4v) is 3.11. The molecule has 0 unspecified atom stereocenters. The molecular formula is C16H15BrN6OS. The van der Waals surface area contributed by atoms with Gasteiger partial charge in [0.1, 0.15) is 0 Å². The van der Waals surface area contributed by atoms with Gasteiger partial charge in [0.15, 0.2) is 5.11 Å². The van der Waals surface area contributed by atoms with E-state index in [1.807, 2.05) is 37.3 Å². The number of nitrogens with one attached hydrogen (secondary N) is 2. The van der Waals surface area contributed by atoms with Crippen molar-refractivity contribution in [2.75, 3.05) is 5.32 Å². The zero-order valence-electron chi connectivity index (χ0n) is 13.4. The predicted octanol–water partition coefficient (Wildman–Crippen LogP) is 3.13. The van der Waals surface area contributed by atoms with Crippen molar-refractivity contribution in [2.45, 2.75) is 19.9 Å². The van der Waals surface area contributed by atoms with Crippen LogP contribution in [0.5, 0.6) is 0 Å². The first-order valence-corrected chi connectivity index (χ1v) is 8.86. The van der Waals surface area contributed by atoms with E-state index in [4.69, 9.17) is 12.2 Å². The second-order valence-electron chi connectivity index (χ2n) is 5.27. The van der Waals surface area contributed by atoms with Crippen LogP contribution in [0.15, 0.2) is 40.9 Å². The van der Waals surface area contributed by atoms with Crippen molar-refractivity contribution in [2.24, 2.45) is 0 Å². The summed E-state index contributed by atoms with van der Waals surface area (Å²) in [6.45, 7) is 2.67. The van der Waals surface area contributed by atoms with Gasteiger partial charge < -0.3 is 0 Å². The lowest BCUT2D eigenvalue weighted by Gasteiger charge is -2.11. The third kappa shape index (κ3) is 3.83. The van der Waals surface area contributed by atoms with E-state index in [0.29, 0.717) is 18.1 Å². The van der Waals surface area contributed by atoms with Crippen molar-refractivity contribution >= 4 is 55.9 Å². The van der Waals surface area contributed by atoms with Crippen molar-refractivity contribution < 1.29 is 4.79 Å². The van der Waals surface area contributed by atoms with Gasteiger partial charge in [0, 0.05) is 16.6 Å². The fourth-order valence-electron chi connectivity index (χ4n) is 2.43. The number of hydrogen-bond acceptors (Lipinski definition) is 5. The molecular weight excluding hydrogens is 404 g/mol. The lowest BCUT2D eigenvalue weighted by molar-refractivity contribution is 0.0979. The van der Waals surface area contributed by atoms with E-state index in [1.165, 1.54) is 0 Å². The third-order valence-corrected chi connectivity index (χ3v) is 4.43. The summed E-state index contributed by atoms with van der Waals surface area (Å²) >= 11 is 8.71. The van der Waals surface area contributed by atoms with Gasteiger partial charge in [0.05, 0.1) is 0 Å². The molecule has 2 N–H and O–H groups in total. The quantitative estimate of drug-likeness (QED) is 0.633. The van der Waals surface area contributed by atoms with Gasteiger partial charge in [0.2, 0.25) is 5.95 Å². The number of hydrogen-bond donors (Lipinski definition) is 2. The highest BCUT2D eigenvalue weighted by Crippen LogP contribution is 2.26. The number of tetrazole rings is 1. The van der Waals surface area contributed by atoms with E-state index in [9.17, 15) is 4.79 Å². The molecule has 0 radical (unpaired) electrons. The van der Waals surface area contributed by atoms with Crippen LogP contribution in [0.4, 0.5) is 5.95 Å². The highest BCUT2D eigenvalue weighted by atomic mass is 79.9. The Balaban J connectivity index is 1.77. The Bertz CT molecular complexity index is 941. The molecule has 0 fully saturated rings. The van der Waals surface area contributed by atoms with Crippen LogP contribution in [-0.4, -0.2) is 31.2 Å². The number of halogens is 1. The van der Waals surface area contributed by atoms with E-state index in [1.54, 1.807) is 10.7 Å². The van der Waals surface area contributed by atoms with Crippen LogP contribution in [0.1, 0.15) is 23.7 Å². The van der Waals surface area contributed by atoms with Gasteiger partial charge in [0.25, 0.3) is 5.91 Å². The first-order chi connectivity index (χ1) is 12.1. The number of amides is 1. The molecule has 0 atom stereocenters. The molecule has 25 heavy (non-hydrogen) atoms. The van der Waals surface area contributed by atoms with Gasteiger partial charge in [-0.25, -0.2) is 4.68 Å². The Hall–Kier alpha value is -2.39. The number of anilines is 1. The molecule has 0 aliphatic heterocycles. The maximum atomic E-state index is 12.6. The molecule has 1 aromatic heterocycles. The van der Waals surface area contributed by atoms with Crippen LogP contribution in [0.25, 0.3) is 10.8 Å². The fraction of sp³-hybridized carbons (Fsp3) is 0.188. The van der Waals surface area contributed by atoms with Gasteiger partial charge in [-0.1, -0.05) is 52.2 Å². The lowest BCUT2D eigenvalue weighted by atomic mass is 10.0. The normalized spacial score (nSPS) is 10.6. The van der Waals surface area contributed by atoms with E-state index < -0.39 is 0 Å². The number of nitrogens with zero attached hydrogens (tertiary/aromatic N) is 4. The van der Waals surface area contributed by atoms with Gasteiger partial charge in [-0.3, -0.25) is 15.4 Å². The Morgan fingerprint density at radius 1 is 1.24 bits per heavy atom. The minimum atomic E-state index is -0.296. The molecule has 0 saturated carbocycles. The van der Waals surface area contributed by atoms with E-state index >= 15 is 0 Å². The molecule has 0 aliphatic carbocycles. The average Bonchev–Trinajstić information content (AvgIpc) is 3.02. The SMILES string of the molecule is CCCn1nnnc1NC(=S)NC(=O)c1cccc2c(Br)cccc12. The Morgan fingerprint density at radius 2 is 2.00 bits per heavy atom. The van der Waals surface area contributed by atoms with Crippen LogP contribution in [-0.2, 0) is 6.54 Å². The Morgan fingerprint density at radius 3 is 2.80 bits per heavy atom. The molecule has 3 rings (SSSR count). The Labute approximate surface area is 157 Å². The first kappa shape index (κ1) is 17.4. The molecule has 128 valence electrons. The topological polar surface area (TPSA) is 84.7 Å². The monoisotopic (exact) mass is 418 g/mol. The largest absolute Gasteiger partial charge is 0.300 e. The third-order valence-electron chi connectivity index (χ3n) is 3.53. The number of aryl methyl sites for hydroxylation is 1. The van der Waals surface area contributed by atoms with Crippen LogP contribution >= 0.6 is 28.1 Å². The molecule has 0 aliphatic rings. The number of benzene rings is 2. The minimum Gasteiger partial charge on any atom is -0.300 e. The summed E-state index contributed by atoms with van der Waals surface area (Å²) in [6.07, 6.45) is 0.879. The number of aromatic nitrogens is 4. The summed E-state index contributed by atoms with van der Waals surface area (Å²) in [5, 5.41) is 18.8. The molecule has 0 spiro atoms. The van der Waals surface area contributed by atoms with Crippen molar-refractivity contribution in [3.05, 3.63) is 46.4 Å². The van der Waals surface area contributed by atoms with Crippen LogP contribution in [0.3, 0.4) is 0 Å². The molecule has 9 heteroatoms. The highest BCUT2D eigenvalue weighted by molar-refractivity contribution is 9.10. The average molecular weight is 419 g/mol. The Kier molecular flexibility index (Phi) is 5.34. The van der Waals surface area contributed by atoms with Crippen molar-refractivity contribution in [1.29, 1.82) is 0 Å². The minimum absolute atomic E-state index is 0.143. The first-order valence-electron chi connectivity index (χ1n) is 7.66. The molecule has 2 aromatic carbocycles. The highest BCUT2D eigenvalue weighted by Gasteiger charge is 2.14. The smallest absolute Gasteiger partial charge is 0.258 e. The van der Waals surface area contributed by atoms with Crippen molar-refractivity contribution in [1.82, 2.24) is 25.5 Å². The number of rotatable bonds is 4. The lowest BCUT2D eigenvalue weighted by Crippen LogP contribution is -2.35. The zero-order chi connectivity index (χ0) is 17.8. The maximum Gasteiger partial charge on any atom is 0.258 e. The van der Waals surface area contributed by atoms with Crippen molar-refractivity contribution in [3.8, 4) is 0 Å². The van der Waals surface area contributed by atoms with Gasteiger partial charge in [-0.15, -0.1) is 0 Å². The maximum absolute atomic E-state index is 12.6.